The average molecular weight is 397 g/mol. The minimum absolute atomic E-state index is 0.133. The molecule has 1 aromatic carbocycles. The first-order valence-corrected chi connectivity index (χ1v) is 10.8. The highest BCUT2D eigenvalue weighted by atomic mass is 32.2. The zero-order valence-corrected chi connectivity index (χ0v) is 16.4. The zero-order valence-electron chi connectivity index (χ0n) is 15.6. The first-order chi connectivity index (χ1) is 13.0. The molecule has 1 heterocycles. The van der Waals surface area contributed by atoms with Gasteiger partial charge in [0.1, 0.15) is 5.75 Å². The molecule has 0 aromatic heterocycles. The number of hydrogen-bond donors (Lipinski definition) is 2. The van der Waals surface area contributed by atoms with E-state index in [9.17, 15) is 13.2 Å². The topological polar surface area (TPSA) is 97.0 Å². The minimum Gasteiger partial charge on any atom is -0.492 e. The van der Waals surface area contributed by atoms with Crippen LogP contribution in [-0.2, 0) is 19.6 Å². The summed E-state index contributed by atoms with van der Waals surface area (Å²) in [5.41, 5.74) is 0.365. The van der Waals surface area contributed by atoms with Crippen molar-refractivity contribution in [1.29, 1.82) is 0 Å². The fourth-order valence-corrected chi connectivity index (χ4v) is 4.33. The van der Waals surface area contributed by atoms with Gasteiger partial charge in [-0.1, -0.05) is 0 Å². The van der Waals surface area contributed by atoms with E-state index in [1.165, 1.54) is 29.3 Å². The van der Waals surface area contributed by atoms with Crippen LogP contribution in [-0.4, -0.2) is 64.6 Å². The number of hydrogen-bond acceptors (Lipinski definition) is 6. The van der Waals surface area contributed by atoms with Crippen LogP contribution in [0.1, 0.15) is 19.8 Å². The molecule has 1 aliphatic carbocycles. The quantitative estimate of drug-likeness (QED) is 0.646. The summed E-state index contributed by atoms with van der Waals surface area (Å²) in [6.07, 6.45) is 2.43. The fraction of sp³-hybridized carbons (Fsp3) is 0.611. The Bertz CT molecular complexity index is 758. The molecule has 3 rings (SSSR count). The molecule has 0 radical (unpaired) electrons. The van der Waals surface area contributed by atoms with Crippen molar-refractivity contribution in [3.63, 3.8) is 0 Å². The van der Waals surface area contributed by atoms with E-state index in [1.54, 1.807) is 6.07 Å². The van der Waals surface area contributed by atoms with E-state index >= 15 is 0 Å². The molecule has 1 saturated carbocycles. The van der Waals surface area contributed by atoms with Crippen LogP contribution in [0, 0.1) is 5.92 Å². The van der Waals surface area contributed by atoms with Crippen molar-refractivity contribution in [2.24, 2.45) is 5.92 Å². The fourth-order valence-electron chi connectivity index (χ4n) is 2.89. The Kier molecular flexibility index (Phi) is 6.69. The number of amides is 1. The Morgan fingerprint density at radius 3 is 2.70 bits per heavy atom. The Balaban J connectivity index is 1.73. The van der Waals surface area contributed by atoms with E-state index in [0.717, 1.165) is 6.54 Å². The summed E-state index contributed by atoms with van der Waals surface area (Å²) in [7, 11) is -3.64. The third-order valence-corrected chi connectivity index (χ3v) is 6.44. The highest BCUT2D eigenvalue weighted by molar-refractivity contribution is 7.89. The second-order valence-corrected chi connectivity index (χ2v) is 8.67. The Labute approximate surface area is 160 Å². The van der Waals surface area contributed by atoms with Gasteiger partial charge < -0.3 is 20.1 Å². The molecule has 0 atom stereocenters. The highest BCUT2D eigenvalue weighted by Crippen LogP contribution is 2.30. The molecular formula is C18H27N3O5S. The molecule has 1 aliphatic heterocycles. The number of anilines is 1. The van der Waals surface area contributed by atoms with Crippen molar-refractivity contribution in [2.75, 3.05) is 51.3 Å². The van der Waals surface area contributed by atoms with Crippen LogP contribution in [0.25, 0.3) is 0 Å². The third-order valence-electron chi connectivity index (χ3n) is 4.55. The maximum atomic E-state index is 12.9. The van der Waals surface area contributed by atoms with Gasteiger partial charge in [-0.25, -0.2) is 8.42 Å². The zero-order chi connectivity index (χ0) is 19.3. The molecule has 8 nitrogen and oxygen atoms in total. The van der Waals surface area contributed by atoms with Gasteiger partial charge in [0, 0.05) is 13.1 Å². The monoisotopic (exact) mass is 397 g/mol. The predicted molar refractivity (Wildman–Crippen MR) is 101 cm³/mol. The molecule has 0 spiro atoms. The van der Waals surface area contributed by atoms with Crippen molar-refractivity contribution in [3.8, 4) is 5.75 Å². The van der Waals surface area contributed by atoms with Gasteiger partial charge in [-0.3, -0.25) is 4.79 Å². The summed E-state index contributed by atoms with van der Waals surface area (Å²) < 4.78 is 37.9. The number of carbonyl (C=O) groups excluding carboxylic acids is 1. The molecule has 1 saturated heterocycles. The maximum absolute atomic E-state index is 12.9. The number of rotatable bonds is 9. The van der Waals surface area contributed by atoms with Crippen LogP contribution >= 0.6 is 0 Å². The summed E-state index contributed by atoms with van der Waals surface area (Å²) in [6, 6.07) is 4.56. The van der Waals surface area contributed by atoms with Crippen molar-refractivity contribution in [1.82, 2.24) is 9.62 Å². The molecular weight excluding hydrogens is 370 g/mol. The summed E-state index contributed by atoms with van der Waals surface area (Å²) in [4.78, 5) is 12.4. The molecule has 2 aliphatic rings. The lowest BCUT2D eigenvalue weighted by atomic mass is 10.3. The van der Waals surface area contributed by atoms with Gasteiger partial charge in [-0.05, 0) is 50.4 Å². The van der Waals surface area contributed by atoms with Crippen LogP contribution in [0.2, 0.25) is 0 Å². The average Bonchev–Trinajstić information content (AvgIpc) is 3.48. The second-order valence-electron chi connectivity index (χ2n) is 6.73. The van der Waals surface area contributed by atoms with Gasteiger partial charge in [0.25, 0.3) is 0 Å². The van der Waals surface area contributed by atoms with Crippen molar-refractivity contribution >= 4 is 21.6 Å². The van der Waals surface area contributed by atoms with Crippen LogP contribution < -0.4 is 15.4 Å². The smallest absolute Gasteiger partial charge is 0.243 e. The standard InChI is InChI=1S/C18H27N3O5S/c1-2-26-17-6-5-15(27(23,24)21-7-9-25-10-8-21)11-16(17)20-18(22)13-19-12-14-3-4-14/h5-6,11,14,19H,2-4,7-10,12-13H2,1H3,(H,20,22). The van der Waals surface area contributed by atoms with Crippen molar-refractivity contribution in [3.05, 3.63) is 18.2 Å². The van der Waals surface area contributed by atoms with Crippen LogP contribution in [0.5, 0.6) is 5.75 Å². The first kappa shape index (κ1) is 20.1. The van der Waals surface area contributed by atoms with E-state index in [-0.39, 0.29) is 17.3 Å². The van der Waals surface area contributed by atoms with Crippen LogP contribution in [0.15, 0.2) is 23.1 Å². The number of nitrogens with one attached hydrogen (secondary N) is 2. The number of ether oxygens (including phenoxy) is 2. The summed E-state index contributed by atoms with van der Waals surface area (Å²) in [6.45, 7) is 4.67. The van der Waals surface area contributed by atoms with Gasteiger partial charge in [0.15, 0.2) is 0 Å². The normalized spacial score (nSPS) is 18.3. The summed E-state index contributed by atoms with van der Waals surface area (Å²) in [5.74, 6) is 0.908. The van der Waals surface area contributed by atoms with Gasteiger partial charge in [0.2, 0.25) is 15.9 Å². The van der Waals surface area contributed by atoms with Gasteiger partial charge >= 0.3 is 0 Å². The minimum atomic E-state index is -3.64. The number of benzene rings is 1. The number of nitrogens with zero attached hydrogens (tertiary/aromatic N) is 1. The number of morpholine rings is 1. The number of carbonyl (C=O) groups is 1. The van der Waals surface area contributed by atoms with E-state index in [2.05, 4.69) is 10.6 Å². The molecule has 1 amide bonds. The first-order valence-electron chi connectivity index (χ1n) is 9.36. The summed E-state index contributed by atoms with van der Waals surface area (Å²) >= 11 is 0. The van der Waals surface area contributed by atoms with Gasteiger partial charge in [-0.15, -0.1) is 0 Å². The van der Waals surface area contributed by atoms with Crippen molar-refractivity contribution < 1.29 is 22.7 Å². The molecule has 150 valence electrons. The molecule has 0 bridgehead atoms. The van der Waals surface area contributed by atoms with E-state index < -0.39 is 10.0 Å². The lowest BCUT2D eigenvalue weighted by Crippen LogP contribution is -2.40. The predicted octanol–water partition coefficient (Wildman–Crippen LogP) is 1.04. The third kappa shape index (κ3) is 5.41. The van der Waals surface area contributed by atoms with Crippen LogP contribution in [0.4, 0.5) is 5.69 Å². The highest BCUT2D eigenvalue weighted by Gasteiger charge is 2.27. The molecule has 0 unspecified atom stereocenters. The summed E-state index contributed by atoms with van der Waals surface area (Å²) in [5, 5.41) is 5.89. The Hall–Kier alpha value is -1.68. The number of sulfonamides is 1. The molecule has 2 N–H and O–H groups in total. The Morgan fingerprint density at radius 2 is 2.04 bits per heavy atom. The van der Waals surface area contributed by atoms with Gasteiger partial charge in [-0.2, -0.15) is 4.31 Å². The molecule has 27 heavy (non-hydrogen) atoms. The lowest BCUT2D eigenvalue weighted by molar-refractivity contribution is -0.115. The largest absolute Gasteiger partial charge is 0.492 e. The Morgan fingerprint density at radius 1 is 1.30 bits per heavy atom. The second kappa shape index (κ2) is 9.01. The molecule has 9 heteroatoms. The van der Waals surface area contributed by atoms with E-state index in [0.29, 0.717) is 50.3 Å². The maximum Gasteiger partial charge on any atom is 0.243 e. The lowest BCUT2D eigenvalue weighted by Gasteiger charge is -2.26. The van der Waals surface area contributed by atoms with Crippen LogP contribution in [0.3, 0.4) is 0 Å². The molecule has 1 aromatic rings. The van der Waals surface area contributed by atoms with Gasteiger partial charge in [0.05, 0.1) is 36.9 Å². The van der Waals surface area contributed by atoms with E-state index in [1.807, 2.05) is 6.92 Å². The SMILES string of the molecule is CCOc1ccc(S(=O)(=O)N2CCOCC2)cc1NC(=O)CNCC1CC1. The van der Waals surface area contributed by atoms with E-state index in [4.69, 9.17) is 9.47 Å². The molecule has 2 fully saturated rings. The van der Waals surface area contributed by atoms with Crippen molar-refractivity contribution in [2.45, 2.75) is 24.7 Å².